The molecular weight excluding hydrogens is 368 g/mol. The van der Waals surface area contributed by atoms with Gasteiger partial charge in [-0.2, -0.15) is 0 Å². The lowest BCUT2D eigenvalue weighted by atomic mass is 9.82. The van der Waals surface area contributed by atoms with Crippen molar-refractivity contribution in [3.63, 3.8) is 0 Å². The highest BCUT2D eigenvalue weighted by molar-refractivity contribution is 6.74. The van der Waals surface area contributed by atoms with Gasteiger partial charge in [0.2, 0.25) is 0 Å². The second-order valence-corrected chi connectivity index (χ2v) is 14.7. The molecular formula is C23H48O4Si. The molecule has 28 heavy (non-hydrogen) atoms. The Morgan fingerprint density at radius 3 is 2.39 bits per heavy atom. The minimum absolute atomic E-state index is 0.0270. The molecule has 0 radical (unpaired) electrons. The third-order valence-corrected chi connectivity index (χ3v) is 11.2. The molecule has 1 unspecified atom stereocenters. The van der Waals surface area contributed by atoms with E-state index >= 15 is 0 Å². The topological polar surface area (TPSA) is 69.9 Å². The first-order valence-electron chi connectivity index (χ1n) is 13.8. The van der Waals surface area contributed by atoms with Crippen LogP contribution in [0.15, 0.2) is 0 Å². The van der Waals surface area contributed by atoms with E-state index in [4.69, 9.17) is 17.8 Å². The molecule has 0 aromatic heterocycles. The molecule has 0 amide bonds. The van der Waals surface area contributed by atoms with Crippen LogP contribution in [-0.4, -0.2) is 49.1 Å². The lowest BCUT2D eigenvalue weighted by Crippen LogP contribution is -2.40. The second-order valence-electron chi connectivity index (χ2n) is 9.94. The molecule has 4 nitrogen and oxygen atoms in total. The lowest BCUT2D eigenvalue weighted by Gasteiger charge is -2.36. The Bertz CT molecular complexity index is 641. The van der Waals surface area contributed by atoms with Crippen LogP contribution in [0, 0.1) is 17.8 Å². The summed E-state index contributed by atoms with van der Waals surface area (Å²) >= 11 is 0. The van der Waals surface area contributed by atoms with Crippen molar-refractivity contribution >= 4 is 8.32 Å². The number of hydrogen-bond acceptors (Lipinski definition) is 4. The third kappa shape index (κ3) is 8.43. The Kier molecular flexibility index (Phi) is 7.62. The van der Waals surface area contributed by atoms with Gasteiger partial charge in [0.15, 0.2) is 8.32 Å². The van der Waals surface area contributed by atoms with Crippen LogP contribution in [0.1, 0.15) is 93.6 Å². The number of aliphatic hydroxyl groups is 3. The van der Waals surface area contributed by atoms with Crippen molar-refractivity contribution in [2.75, 3.05) is 13.2 Å². The van der Waals surface area contributed by atoms with Crippen LogP contribution in [0.25, 0.3) is 0 Å². The molecule has 0 bridgehead atoms. The highest BCUT2D eigenvalue weighted by Gasteiger charge is 2.39. The smallest absolute Gasteiger partial charge is 0.191 e. The zero-order valence-corrected chi connectivity index (χ0v) is 19.8. The van der Waals surface area contributed by atoms with Gasteiger partial charge in [-0.05, 0) is 80.8 Å². The Morgan fingerprint density at radius 1 is 1.11 bits per heavy atom. The summed E-state index contributed by atoms with van der Waals surface area (Å²) in [5.41, 5.74) is 0. The molecule has 1 fully saturated rings. The fourth-order valence-electron chi connectivity index (χ4n) is 3.86. The Hall–Kier alpha value is 0.0569. The van der Waals surface area contributed by atoms with E-state index in [-0.39, 0.29) is 35.8 Å². The van der Waals surface area contributed by atoms with Crippen molar-refractivity contribution in [3.05, 3.63) is 0 Å². The first kappa shape index (κ1) is 17.7. The molecule has 1 aliphatic carbocycles. The average Bonchev–Trinajstić information content (AvgIpc) is 2.94. The SMILES string of the molecule is [2H]C([2H])(CO[Si](C)(C)C(C)(C)C)C([2H])([2H])C([2H])([2H])CC(O)CC[C@@H]1[C@@H](CCCO)[C@@H](O)C[C@H]1C. The zero-order valence-electron chi connectivity index (χ0n) is 24.8. The number of rotatable bonds is 13. The van der Waals surface area contributed by atoms with E-state index in [1.165, 1.54) is 0 Å². The average molecular weight is 423 g/mol. The molecule has 5 atom stereocenters. The van der Waals surface area contributed by atoms with Gasteiger partial charge in [-0.15, -0.1) is 0 Å². The molecule has 168 valence electrons. The highest BCUT2D eigenvalue weighted by Crippen LogP contribution is 2.42. The summed E-state index contributed by atoms with van der Waals surface area (Å²) in [7, 11) is -2.36. The summed E-state index contributed by atoms with van der Waals surface area (Å²) < 4.78 is 55.9. The van der Waals surface area contributed by atoms with Crippen molar-refractivity contribution in [2.24, 2.45) is 17.8 Å². The van der Waals surface area contributed by atoms with Crippen LogP contribution in [-0.2, 0) is 4.43 Å². The number of hydrogen-bond donors (Lipinski definition) is 3. The predicted octanol–water partition coefficient (Wildman–Crippen LogP) is 5.12. The molecule has 0 aliphatic heterocycles. The summed E-state index contributed by atoms with van der Waals surface area (Å²) in [6.45, 7) is 11.4. The molecule has 0 spiro atoms. The van der Waals surface area contributed by atoms with Gasteiger partial charge in [0.1, 0.15) is 0 Å². The number of aliphatic hydroxyl groups excluding tert-OH is 3. The van der Waals surface area contributed by atoms with Gasteiger partial charge in [0.05, 0.1) is 12.2 Å². The molecule has 1 saturated carbocycles. The largest absolute Gasteiger partial charge is 0.417 e. The molecule has 0 aromatic rings. The van der Waals surface area contributed by atoms with Crippen LogP contribution in [0.4, 0.5) is 0 Å². The second kappa shape index (κ2) is 12.0. The standard InChI is InChI=1S/C23H48O4Si/c1-18-17-22(26)21(12-10-15-24)20(18)14-13-19(25)11-8-7-9-16-27-28(5,6)23(2,3)4/h18-22,24-26H,7-17H2,1-6H3/t18-,19?,20+,21-,22+/m1/s1/i7D2,8D2,9D2. The van der Waals surface area contributed by atoms with Crippen molar-refractivity contribution in [2.45, 2.75) is 116 Å². The maximum Gasteiger partial charge on any atom is 0.191 e. The van der Waals surface area contributed by atoms with Gasteiger partial charge in [0, 0.05) is 21.4 Å². The molecule has 1 rings (SSSR count). The van der Waals surface area contributed by atoms with E-state index in [2.05, 4.69) is 0 Å². The third-order valence-electron chi connectivity index (χ3n) is 6.74. The first-order valence-corrected chi connectivity index (χ1v) is 13.7. The van der Waals surface area contributed by atoms with Crippen LogP contribution in [0.5, 0.6) is 0 Å². The summed E-state index contributed by atoms with van der Waals surface area (Å²) in [6.07, 6.45) is -7.39. The zero-order chi connectivity index (χ0) is 26.8. The van der Waals surface area contributed by atoms with Crippen LogP contribution >= 0.6 is 0 Å². The van der Waals surface area contributed by atoms with Crippen molar-refractivity contribution < 1.29 is 28.0 Å². The first-order chi connectivity index (χ1) is 15.2. The Balaban J connectivity index is 2.80. The Labute approximate surface area is 183 Å². The highest BCUT2D eigenvalue weighted by atomic mass is 28.4. The molecule has 5 heteroatoms. The molecule has 0 heterocycles. The van der Waals surface area contributed by atoms with E-state index in [1.54, 1.807) is 0 Å². The fraction of sp³-hybridized carbons (Fsp3) is 1.00. The quantitative estimate of drug-likeness (QED) is 0.360. The predicted molar refractivity (Wildman–Crippen MR) is 120 cm³/mol. The van der Waals surface area contributed by atoms with Crippen molar-refractivity contribution in [1.82, 2.24) is 0 Å². The minimum Gasteiger partial charge on any atom is -0.417 e. The van der Waals surface area contributed by atoms with Crippen molar-refractivity contribution in [3.8, 4) is 0 Å². The van der Waals surface area contributed by atoms with Crippen LogP contribution in [0.2, 0.25) is 18.1 Å². The molecule has 3 N–H and O–H groups in total. The monoisotopic (exact) mass is 422 g/mol. The van der Waals surface area contributed by atoms with Crippen LogP contribution in [0.3, 0.4) is 0 Å². The van der Waals surface area contributed by atoms with Gasteiger partial charge in [-0.1, -0.05) is 40.4 Å². The van der Waals surface area contributed by atoms with Gasteiger partial charge >= 0.3 is 0 Å². The van der Waals surface area contributed by atoms with Gasteiger partial charge < -0.3 is 19.7 Å². The summed E-state index contributed by atoms with van der Waals surface area (Å²) in [5, 5.41) is 29.9. The fourth-order valence-corrected chi connectivity index (χ4v) is 4.72. The van der Waals surface area contributed by atoms with E-state index in [0.29, 0.717) is 25.7 Å². The lowest BCUT2D eigenvalue weighted by molar-refractivity contribution is 0.0924. The minimum atomic E-state index is -2.87. The van der Waals surface area contributed by atoms with E-state index in [9.17, 15) is 10.2 Å². The maximum absolute atomic E-state index is 10.6. The van der Waals surface area contributed by atoms with Gasteiger partial charge in [-0.25, -0.2) is 0 Å². The van der Waals surface area contributed by atoms with E-state index < -0.39 is 52.7 Å². The maximum atomic E-state index is 10.6. The van der Waals surface area contributed by atoms with Gasteiger partial charge in [0.25, 0.3) is 0 Å². The van der Waals surface area contributed by atoms with E-state index in [1.807, 2.05) is 40.8 Å². The summed E-state index contributed by atoms with van der Waals surface area (Å²) in [5.74, 6) is 0.415. The summed E-state index contributed by atoms with van der Waals surface area (Å²) in [4.78, 5) is 0. The Morgan fingerprint density at radius 2 is 1.79 bits per heavy atom. The van der Waals surface area contributed by atoms with Gasteiger partial charge in [-0.3, -0.25) is 0 Å². The molecule has 0 aromatic carbocycles. The van der Waals surface area contributed by atoms with Crippen LogP contribution < -0.4 is 0 Å². The summed E-state index contributed by atoms with van der Waals surface area (Å²) in [6, 6.07) is 0. The van der Waals surface area contributed by atoms with E-state index in [0.717, 1.165) is 0 Å². The van der Waals surface area contributed by atoms with Crippen molar-refractivity contribution in [1.29, 1.82) is 0 Å². The molecule has 1 aliphatic rings. The molecule has 0 saturated heterocycles. The normalized spacial score (nSPS) is 32.0.